The summed E-state index contributed by atoms with van der Waals surface area (Å²) in [6.45, 7) is 14.7. The first kappa shape index (κ1) is 31.8. The minimum absolute atomic E-state index is 0.994. The van der Waals surface area contributed by atoms with Gasteiger partial charge in [0.25, 0.3) is 0 Å². The van der Waals surface area contributed by atoms with Crippen LogP contribution in [0.4, 0.5) is 0 Å². The fraction of sp³-hybridized carbons (Fsp3) is 0.125. The molecule has 2 heterocycles. The van der Waals surface area contributed by atoms with E-state index in [0.717, 1.165) is 16.8 Å². The minimum atomic E-state index is 0.994. The Morgan fingerprint density at radius 1 is 0.644 bits per heavy atom. The summed E-state index contributed by atoms with van der Waals surface area (Å²) in [4.78, 5) is 3.67. The van der Waals surface area contributed by atoms with Gasteiger partial charge in [0.05, 0.1) is 11.0 Å². The van der Waals surface area contributed by atoms with E-state index in [0.29, 0.717) is 0 Å². The Balaban J connectivity index is 0.000000402. The lowest BCUT2D eigenvalue weighted by atomic mass is 9.93. The van der Waals surface area contributed by atoms with Gasteiger partial charge in [-0.1, -0.05) is 99.1 Å². The predicted octanol–water partition coefficient (Wildman–Crippen LogP) is 11.4. The number of hydrogen-bond acceptors (Lipinski definition) is 3. The average Bonchev–Trinajstić information content (AvgIpc) is 3.70. The van der Waals surface area contributed by atoms with Gasteiger partial charge in [-0.05, 0) is 63.7 Å². The molecule has 5 heteroatoms. The summed E-state index contributed by atoms with van der Waals surface area (Å²) < 4.78 is 0. The molecule has 0 saturated heterocycles. The zero-order chi connectivity index (χ0) is 32.1. The molecule has 0 amide bonds. The molecule has 0 aliphatic heterocycles. The summed E-state index contributed by atoms with van der Waals surface area (Å²) >= 11 is 3.63. The number of thioether (sulfide) groups is 2. The van der Waals surface area contributed by atoms with Gasteiger partial charge < -0.3 is 4.98 Å². The number of aryl methyl sites for hydroxylation is 1. The summed E-state index contributed by atoms with van der Waals surface area (Å²) in [5.41, 5.74) is 10.6. The summed E-state index contributed by atoms with van der Waals surface area (Å²) in [7, 11) is 0. The molecular formula is C40H37N3S2. The van der Waals surface area contributed by atoms with E-state index >= 15 is 0 Å². The van der Waals surface area contributed by atoms with E-state index in [1.807, 2.05) is 24.3 Å². The third-order valence-electron chi connectivity index (χ3n) is 7.99. The molecular weight excluding hydrogens is 587 g/mol. The van der Waals surface area contributed by atoms with Crippen LogP contribution in [0.25, 0.3) is 65.0 Å². The largest absolute Gasteiger partial charge is 0.360 e. The first-order valence-corrected chi connectivity index (χ1v) is 17.6. The van der Waals surface area contributed by atoms with Crippen molar-refractivity contribution < 1.29 is 0 Å². The van der Waals surface area contributed by atoms with Gasteiger partial charge in [0.15, 0.2) is 0 Å². The molecule has 0 saturated carbocycles. The van der Waals surface area contributed by atoms with Gasteiger partial charge in [-0.25, -0.2) is 0 Å². The van der Waals surface area contributed by atoms with Gasteiger partial charge in [0.2, 0.25) is 0 Å². The summed E-state index contributed by atoms with van der Waals surface area (Å²) in [6.07, 6.45) is 8.46. The number of nitrogens with one attached hydrogen (secondary N) is 2. The van der Waals surface area contributed by atoms with Crippen LogP contribution in [0.2, 0.25) is 0 Å². The second kappa shape index (κ2) is 14.0. The van der Waals surface area contributed by atoms with Crippen LogP contribution in [-0.4, -0.2) is 33.9 Å². The van der Waals surface area contributed by atoms with Gasteiger partial charge >= 0.3 is 0 Å². The summed E-state index contributed by atoms with van der Waals surface area (Å²) in [5, 5.41) is 22.2. The average molecular weight is 624 g/mol. The van der Waals surface area contributed by atoms with Gasteiger partial charge in [-0.2, -0.15) is 28.6 Å². The summed E-state index contributed by atoms with van der Waals surface area (Å²) in [6, 6.07) is 26.6. The van der Waals surface area contributed by atoms with Crippen LogP contribution in [0.15, 0.2) is 117 Å². The standard InChI is InChI=1S/C32H23N3S.2C3H4.C2H6S/c1-17-18-7-3-6-10-23(18)31-29-19(17)11-13-25(32(29)35-34-31)24-14-12-22-27(16-36-2)21-9-5-4-8-20(21)26-15-33-30(24)28(22)26;3*1-3-2/h3-15,33H,16H2,1-2H3,(H,34,35);2*1-2H2;1-2H3/b25-24+;;;. The molecule has 0 unspecified atom stereocenters. The van der Waals surface area contributed by atoms with Gasteiger partial charge in [0.1, 0.15) is 5.52 Å². The highest BCUT2D eigenvalue weighted by atomic mass is 32.2. The highest BCUT2D eigenvalue weighted by Gasteiger charge is 2.17. The Morgan fingerprint density at radius 2 is 1.20 bits per heavy atom. The molecule has 8 aromatic rings. The Hall–Kier alpha value is -4.63. The number of rotatable bonds is 2. The van der Waals surface area contributed by atoms with E-state index in [-0.39, 0.29) is 0 Å². The van der Waals surface area contributed by atoms with Crippen LogP contribution >= 0.6 is 23.5 Å². The molecule has 0 aliphatic rings. The molecule has 0 spiro atoms. The molecule has 3 nitrogen and oxygen atoms in total. The number of hydrogen-bond donors (Lipinski definition) is 2. The van der Waals surface area contributed by atoms with Crippen LogP contribution in [0.1, 0.15) is 11.1 Å². The van der Waals surface area contributed by atoms with Crippen LogP contribution in [0, 0.1) is 17.4 Å². The first-order chi connectivity index (χ1) is 22.0. The Kier molecular flexibility index (Phi) is 9.88. The van der Waals surface area contributed by atoms with Crippen molar-refractivity contribution in [3.8, 4) is 0 Å². The molecule has 224 valence electrons. The molecule has 0 bridgehead atoms. The number of nitrogens with zero attached hydrogens (tertiary/aromatic N) is 1. The second-order valence-electron chi connectivity index (χ2n) is 10.6. The van der Waals surface area contributed by atoms with E-state index in [1.54, 1.807) is 11.8 Å². The maximum atomic E-state index is 4.83. The van der Waals surface area contributed by atoms with Gasteiger partial charge in [-0.15, -0.1) is 11.5 Å². The fourth-order valence-electron chi connectivity index (χ4n) is 6.39. The fourth-order valence-corrected chi connectivity index (χ4v) is 6.99. The summed E-state index contributed by atoms with van der Waals surface area (Å²) in [5.74, 6) is 0.994. The normalized spacial score (nSPS) is 11.5. The van der Waals surface area contributed by atoms with Gasteiger partial charge in [0, 0.05) is 43.9 Å². The Bertz CT molecular complexity index is 2440. The van der Waals surface area contributed by atoms with Crippen molar-refractivity contribution in [1.82, 2.24) is 15.2 Å². The lowest BCUT2D eigenvalue weighted by Gasteiger charge is -2.12. The molecule has 0 radical (unpaired) electrons. The first-order valence-electron chi connectivity index (χ1n) is 14.5. The van der Waals surface area contributed by atoms with Crippen molar-refractivity contribution in [2.45, 2.75) is 12.7 Å². The van der Waals surface area contributed by atoms with Crippen LogP contribution in [0.3, 0.4) is 0 Å². The predicted molar refractivity (Wildman–Crippen MR) is 204 cm³/mol. The molecule has 2 N–H and O–H groups in total. The van der Waals surface area contributed by atoms with Crippen molar-refractivity contribution in [2.24, 2.45) is 0 Å². The molecule has 8 rings (SSSR count). The van der Waals surface area contributed by atoms with Crippen molar-refractivity contribution in [3.63, 3.8) is 0 Å². The van der Waals surface area contributed by atoms with Crippen molar-refractivity contribution in [3.05, 3.63) is 138 Å². The highest BCUT2D eigenvalue weighted by molar-refractivity contribution is 7.98. The maximum absolute atomic E-state index is 4.83. The molecule has 6 aromatic carbocycles. The SMILES string of the molecule is C=C=C.C=C=C.CSC.CSCc1c2ccccc2c2c[nH]c3/c(=c4\ccc5c(C)c6ccccc6c6n[nH]c4c56)ccc1c32. The number of fused-ring (bicyclic) bond motifs is 4. The van der Waals surface area contributed by atoms with Crippen molar-refractivity contribution >= 4 is 88.5 Å². The second-order valence-corrected chi connectivity index (χ2v) is 12.3. The lowest BCUT2D eigenvalue weighted by molar-refractivity contribution is 1.15. The maximum Gasteiger partial charge on any atom is 0.101 e. The van der Waals surface area contributed by atoms with Crippen molar-refractivity contribution in [2.75, 3.05) is 18.8 Å². The third-order valence-corrected chi connectivity index (χ3v) is 8.57. The number of aromatic nitrogens is 3. The van der Waals surface area contributed by atoms with Crippen LogP contribution in [0.5, 0.6) is 0 Å². The zero-order valence-electron chi connectivity index (χ0n) is 26.3. The quantitative estimate of drug-likeness (QED) is 0.149. The molecule has 0 atom stereocenters. The highest BCUT2D eigenvalue weighted by Crippen LogP contribution is 2.40. The number of aromatic amines is 2. The molecule has 2 aromatic heterocycles. The topological polar surface area (TPSA) is 44.5 Å². The van der Waals surface area contributed by atoms with Crippen LogP contribution < -0.4 is 0 Å². The van der Waals surface area contributed by atoms with Gasteiger partial charge in [-0.3, -0.25) is 5.10 Å². The molecule has 0 aliphatic carbocycles. The minimum Gasteiger partial charge on any atom is -0.360 e. The number of benzene rings is 6. The Morgan fingerprint density at radius 3 is 1.84 bits per heavy atom. The molecule has 0 fully saturated rings. The Labute approximate surface area is 272 Å². The smallest absolute Gasteiger partial charge is 0.101 e. The van der Waals surface area contributed by atoms with Crippen molar-refractivity contribution in [1.29, 1.82) is 0 Å². The monoisotopic (exact) mass is 623 g/mol. The third kappa shape index (κ3) is 5.46. The van der Waals surface area contributed by atoms with E-state index in [4.69, 9.17) is 5.10 Å². The lowest BCUT2D eigenvalue weighted by Crippen LogP contribution is -1.90. The van der Waals surface area contributed by atoms with E-state index in [9.17, 15) is 0 Å². The van der Waals surface area contributed by atoms with E-state index in [2.05, 4.69) is 140 Å². The zero-order valence-corrected chi connectivity index (χ0v) is 27.9. The number of H-pyrrole nitrogens is 2. The molecule has 45 heavy (non-hydrogen) atoms. The van der Waals surface area contributed by atoms with E-state index < -0.39 is 0 Å². The van der Waals surface area contributed by atoms with Crippen LogP contribution in [-0.2, 0) is 5.75 Å². The van der Waals surface area contributed by atoms with E-state index in [1.165, 1.54) is 75.6 Å².